The maximum atomic E-state index is 12.4. The molecule has 1 aliphatic carbocycles. The highest BCUT2D eigenvalue weighted by atomic mass is 16.5. The SMILES string of the molecule is O=C1OCC=CC1CN(Cc1ccc(CNCc2ccccn2)cc1)C1CCCc2cccnc21. The lowest BCUT2D eigenvalue weighted by atomic mass is 9.89. The van der Waals surface area contributed by atoms with Crippen LogP contribution in [0.5, 0.6) is 0 Å². The Bertz CT molecular complexity index is 1150. The summed E-state index contributed by atoms with van der Waals surface area (Å²) < 4.78 is 5.30. The van der Waals surface area contributed by atoms with E-state index in [0.29, 0.717) is 13.2 Å². The van der Waals surface area contributed by atoms with Gasteiger partial charge in [0, 0.05) is 38.6 Å². The molecule has 3 heterocycles. The van der Waals surface area contributed by atoms with Crippen molar-refractivity contribution in [1.82, 2.24) is 20.2 Å². The van der Waals surface area contributed by atoms with Gasteiger partial charge in [0.05, 0.1) is 23.3 Å². The monoisotopic (exact) mass is 468 g/mol. The van der Waals surface area contributed by atoms with Crippen molar-refractivity contribution in [2.75, 3.05) is 13.2 Å². The second kappa shape index (κ2) is 11.4. The van der Waals surface area contributed by atoms with E-state index in [4.69, 9.17) is 9.72 Å². The van der Waals surface area contributed by atoms with Crippen molar-refractivity contribution in [3.8, 4) is 0 Å². The molecule has 1 aliphatic heterocycles. The van der Waals surface area contributed by atoms with E-state index in [1.165, 1.54) is 16.7 Å². The average Bonchev–Trinajstić information content (AvgIpc) is 2.91. The zero-order chi connectivity index (χ0) is 23.9. The Kier molecular flexibility index (Phi) is 7.61. The highest BCUT2D eigenvalue weighted by molar-refractivity contribution is 5.75. The lowest BCUT2D eigenvalue weighted by Gasteiger charge is -2.36. The van der Waals surface area contributed by atoms with Gasteiger partial charge in [-0.05, 0) is 54.2 Å². The third-order valence-corrected chi connectivity index (χ3v) is 6.80. The van der Waals surface area contributed by atoms with Crippen LogP contribution in [0.1, 0.15) is 47.0 Å². The molecule has 2 aliphatic rings. The van der Waals surface area contributed by atoms with Crippen LogP contribution in [-0.2, 0) is 35.6 Å². The van der Waals surface area contributed by atoms with Gasteiger partial charge in [0.25, 0.3) is 0 Å². The summed E-state index contributed by atoms with van der Waals surface area (Å²) >= 11 is 0. The Morgan fingerprint density at radius 2 is 1.83 bits per heavy atom. The Labute approximate surface area is 207 Å². The van der Waals surface area contributed by atoms with Gasteiger partial charge in [0.1, 0.15) is 6.61 Å². The minimum Gasteiger partial charge on any atom is -0.461 e. The number of cyclic esters (lactones) is 1. The number of nitrogens with one attached hydrogen (secondary N) is 1. The number of nitrogens with zero attached hydrogens (tertiary/aromatic N) is 3. The van der Waals surface area contributed by atoms with Crippen LogP contribution in [-0.4, -0.2) is 34.0 Å². The topological polar surface area (TPSA) is 67.3 Å². The molecule has 2 atom stereocenters. The molecule has 0 spiro atoms. The molecule has 3 aromatic rings. The van der Waals surface area contributed by atoms with Crippen molar-refractivity contribution in [3.63, 3.8) is 0 Å². The molecule has 0 radical (unpaired) electrons. The number of carbonyl (C=O) groups is 1. The zero-order valence-corrected chi connectivity index (χ0v) is 20.0. The summed E-state index contributed by atoms with van der Waals surface area (Å²) in [4.78, 5) is 24.0. The van der Waals surface area contributed by atoms with E-state index < -0.39 is 0 Å². The smallest absolute Gasteiger partial charge is 0.314 e. The van der Waals surface area contributed by atoms with E-state index in [-0.39, 0.29) is 17.9 Å². The van der Waals surface area contributed by atoms with E-state index in [1.54, 1.807) is 0 Å². The van der Waals surface area contributed by atoms with Gasteiger partial charge in [-0.3, -0.25) is 19.7 Å². The Morgan fingerprint density at radius 3 is 2.66 bits per heavy atom. The number of esters is 1. The van der Waals surface area contributed by atoms with Gasteiger partial charge in [-0.1, -0.05) is 48.6 Å². The van der Waals surface area contributed by atoms with E-state index in [2.05, 4.69) is 45.5 Å². The van der Waals surface area contributed by atoms with Gasteiger partial charge in [0.2, 0.25) is 0 Å². The maximum Gasteiger partial charge on any atom is 0.314 e. The Morgan fingerprint density at radius 1 is 0.971 bits per heavy atom. The number of aryl methyl sites for hydroxylation is 1. The third kappa shape index (κ3) is 6.02. The first-order valence-electron chi connectivity index (χ1n) is 12.5. The third-order valence-electron chi connectivity index (χ3n) is 6.80. The van der Waals surface area contributed by atoms with E-state index in [1.807, 2.05) is 48.8 Å². The molecule has 0 bridgehead atoms. The second-order valence-electron chi connectivity index (χ2n) is 9.29. The van der Waals surface area contributed by atoms with Gasteiger partial charge in [-0.25, -0.2) is 0 Å². The van der Waals surface area contributed by atoms with Crippen molar-refractivity contribution >= 4 is 5.97 Å². The summed E-state index contributed by atoms with van der Waals surface area (Å²) in [7, 11) is 0. The molecular formula is C29H32N4O2. The van der Waals surface area contributed by atoms with Crippen molar-refractivity contribution in [1.29, 1.82) is 0 Å². The number of ether oxygens (including phenoxy) is 1. The molecule has 0 amide bonds. The van der Waals surface area contributed by atoms with Crippen molar-refractivity contribution in [2.24, 2.45) is 5.92 Å². The number of fused-ring (bicyclic) bond motifs is 1. The summed E-state index contributed by atoms with van der Waals surface area (Å²) in [6.45, 7) is 3.30. The van der Waals surface area contributed by atoms with Crippen LogP contribution in [0.2, 0.25) is 0 Å². The first-order valence-corrected chi connectivity index (χ1v) is 12.5. The van der Waals surface area contributed by atoms with Gasteiger partial charge in [-0.15, -0.1) is 0 Å². The molecule has 35 heavy (non-hydrogen) atoms. The predicted octanol–water partition coefficient (Wildman–Crippen LogP) is 4.38. The highest BCUT2D eigenvalue weighted by Crippen LogP contribution is 2.34. The molecule has 2 unspecified atom stereocenters. The summed E-state index contributed by atoms with van der Waals surface area (Å²) in [5.74, 6) is -0.378. The Balaban J connectivity index is 1.28. The van der Waals surface area contributed by atoms with Crippen LogP contribution in [0.3, 0.4) is 0 Å². The second-order valence-corrected chi connectivity index (χ2v) is 9.29. The first kappa shape index (κ1) is 23.4. The number of pyridine rings is 2. The molecule has 5 rings (SSSR count). The molecule has 2 aromatic heterocycles. The van der Waals surface area contributed by atoms with Crippen LogP contribution < -0.4 is 5.32 Å². The molecule has 0 saturated carbocycles. The predicted molar refractivity (Wildman–Crippen MR) is 135 cm³/mol. The summed E-state index contributed by atoms with van der Waals surface area (Å²) in [5.41, 5.74) is 5.98. The zero-order valence-electron chi connectivity index (χ0n) is 20.0. The number of rotatable bonds is 9. The molecule has 180 valence electrons. The van der Waals surface area contributed by atoms with Crippen LogP contribution in [0.15, 0.2) is 79.1 Å². The van der Waals surface area contributed by atoms with Crippen LogP contribution in [0, 0.1) is 5.92 Å². The fraction of sp³-hybridized carbons (Fsp3) is 0.345. The molecule has 6 nitrogen and oxygen atoms in total. The maximum absolute atomic E-state index is 12.4. The van der Waals surface area contributed by atoms with Gasteiger partial charge >= 0.3 is 5.97 Å². The number of aromatic nitrogens is 2. The highest BCUT2D eigenvalue weighted by Gasteiger charge is 2.31. The van der Waals surface area contributed by atoms with Crippen molar-refractivity contribution < 1.29 is 9.53 Å². The molecular weight excluding hydrogens is 436 g/mol. The molecule has 0 fully saturated rings. The minimum absolute atomic E-state index is 0.135. The van der Waals surface area contributed by atoms with Crippen molar-refractivity contribution in [3.05, 3.63) is 107 Å². The first-order chi connectivity index (χ1) is 17.3. The fourth-order valence-corrected chi connectivity index (χ4v) is 5.00. The average molecular weight is 469 g/mol. The molecule has 6 heteroatoms. The van der Waals surface area contributed by atoms with Crippen LogP contribution in [0.25, 0.3) is 0 Å². The van der Waals surface area contributed by atoms with E-state index >= 15 is 0 Å². The van der Waals surface area contributed by atoms with Crippen molar-refractivity contribution in [2.45, 2.75) is 44.9 Å². The fourth-order valence-electron chi connectivity index (χ4n) is 5.00. The van der Waals surface area contributed by atoms with Crippen LogP contribution >= 0.6 is 0 Å². The van der Waals surface area contributed by atoms with Gasteiger partial charge < -0.3 is 10.1 Å². The van der Waals surface area contributed by atoms with Gasteiger partial charge in [0.15, 0.2) is 0 Å². The standard InChI is InChI=1S/C29H32N4O2/c34-29-25(8-5-17-35-29)21-33(27-10-3-6-24-7-4-16-32-28(24)27)20-23-13-11-22(12-14-23)18-30-19-26-9-1-2-15-31-26/h1-2,4-5,7-9,11-16,25,27,30H,3,6,10,17-21H2. The minimum atomic E-state index is -0.243. The lowest BCUT2D eigenvalue weighted by Crippen LogP contribution is -2.38. The largest absolute Gasteiger partial charge is 0.461 e. The Hall–Kier alpha value is -3.35. The lowest BCUT2D eigenvalue weighted by molar-refractivity contribution is -0.147. The number of carbonyl (C=O) groups excluding carboxylic acids is 1. The molecule has 1 aromatic carbocycles. The quantitative estimate of drug-likeness (QED) is 0.371. The number of benzene rings is 1. The summed E-state index contributed by atoms with van der Waals surface area (Å²) in [6.07, 6.45) is 10.9. The normalized spacial score (nSPS) is 19.4. The van der Waals surface area contributed by atoms with Crippen LogP contribution in [0.4, 0.5) is 0 Å². The molecule has 0 saturated heterocycles. The molecule has 1 N–H and O–H groups in total. The van der Waals surface area contributed by atoms with Gasteiger partial charge in [-0.2, -0.15) is 0 Å². The summed E-state index contributed by atoms with van der Waals surface area (Å²) in [5, 5.41) is 3.46. The van der Waals surface area contributed by atoms with E-state index in [9.17, 15) is 4.79 Å². The van der Waals surface area contributed by atoms with E-state index in [0.717, 1.165) is 50.3 Å². The number of hydrogen-bond donors (Lipinski definition) is 1. The summed E-state index contributed by atoms with van der Waals surface area (Å²) in [6, 6.07) is 19.1. The number of hydrogen-bond acceptors (Lipinski definition) is 6.